The number of thiazole rings is 1. The summed E-state index contributed by atoms with van der Waals surface area (Å²) in [7, 11) is 0. The second-order valence-corrected chi connectivity index (χ2v) is 7.32. The molecule has 0 spiro atoms. The molecule has 1 unspecified atom stereocenters. The van der Waals surface area contributed by atoms with Crippen molar-refractivity contribution in [2.75, 3.05) is 0 Å². The van der Waals surface area contributed by atoms with Gasteiger partial charge in [0.1, 0.15) is 5.01 Å². The zero-order chi connectivity index (χ0) is 14.8. The summed E-state index contributed by atoms with van der Waals surface area (Å²) in [5, 5.41) is 3.34. The van der Waals surface area contributed by atoms with Gasteiger partial charge < -0.3 is 10.3 Å². The molecule has 4 heteroatoms. The van der Waals surface area contributed by atoms with Crippen LogP contribution >= 0.6 is 11.3 Å². The van der Waals surface area contributed by atoms with E-state index in [2.05, 4.69) is 56.0 Å². The van der Waals surface area contributed by atoms with E-state index in [1.165, 1.54) is 11.4 Å². The van der Waals surface area contributed by atoms with E-state index < -0.39 is 0 Å². The Morgan fingerprint density at radius 3 is 2.75 bits per heavy atom. The van der Waals surface area contributed by atoms with Crippen LogP contribution in [0.3, 0.4) is 0 Å². The highest BCUT2D eigenvalue weighted by atomic mass is 32.1. The predicted molar refractivity (Wildman–Crippen MR) is 86.3 cm³/mol. The summed E-state index contributed by atoms with van der Waals surface area (Å²) in [4.78, 5) is 4.76. The Hall–Kier alpha value is -1.13. The molecule has 0 aliphatic heterocycles. The van der Waals surface area contributed by atoms with E-state index in [1.54, 1.807) is 11.3 Å². The van der Waals surface area contributed by atoms with Crippen molar-refractivity contribution in [3.8, 4) is 0 Å². The molecule has 2 aromatic heterocycles. The Labute approximate surface area is 125 Å². The molecule has 0 aliphatic rings. The number of nitrogens with zero attached hydrogens (tertiary/aromatic N) is 2. The van der Waals surface area contributed by atoms with Crippen LogP contribution in [0.2, 0.25) is 0 Å². The van der Waals surface area contributed by atoms with Crippen LogP contribution in [0.25, 0.3) is 0 Å². The van der Waals surface area contributed by atoms with E-state index in [9.17, 15) is 0 Å². The van der Waals surface area contributed by atoms with Crippen molar-refractivity contribution in [3.63, 3.8) is 0 Å². The van der Waals surface area contributed by atoms with Crippen molar-refractivity contribution in [1.29, 1.82) is 0 Å². The van der Waals surface area contributed by atoms with Crippen molar-refractivity contribution in [1.82, 2.24) is 9.55 Å². The zero-order valence-electron chi connectivity index (χ0n) is 12.9. The van der Waals surface area contributed by atoms with Crippen LogP contribution < -0.4 is 5.73 Å². The van der Waals surface area contributed by atoms with Gasteiger partial charge in [0, 0.05) is 35.1 Å². The standard InChI is InChI=1S/C16H25N3S/c1-5-12(17)9-13-7-6-8-19(13)10-15-18-14(11-20-15)16(2,3)4/h6-8,11-12H,5,9-10,17H2,1-4H3. The van der Waals surface area contributed by atoms with E-state index in [4.69, 9.17) is 10.7 Å². The van der Waals surface area contributed by atoms with Gasteiger partial charge >= 0.3 is 0 Å². The molecule has 0 aliphatic carbocycles. The first-order chi connectivity index (χ1) is 9.40. The molecule has 2 aromatic rings. The quantitative estimate of drug-likeness (QED) is 0.915. The van der Waals surface area contributed by atoms with Gasteiger partial charge in [-0.15, -0.1) is 11.3 Å². The van der Waals surface area contributed by atoms with Crippen LogP contribution in [0.1, 0.15) is 50.5 Å². The molecule has 3 nitrogen and oxygen atoms in total. The summed E-state index contributed by atoms with van der Waals surface area (Å²) in [5.74, 6) is 0. The molecular formula is C16H25N3S. The van der Waals surface area contributed by atoms with Gasteiger partial charge in [0.15, 0.2) is 0 Å². The molecule has 0 saturated carbocycles. The molecule has 0 aromatic carbocycles. The minimum Gasteiger partial charge on any atom is -0.345 e. The van der Waals surface area contributed by atoms with Gasteiger partial charge in [-0.3, -0.25) is 0 Å². The topological polar surface area (TPSA) is 43.8 Å². The van der Waals surface area contributed by atoms with Crippen molar-refractivity contribution in [3.05, 3.63) is 40.1 Å². The van der Waals surface area contributed by atoms with Gasteiger partial charge in [0.05, 0.1) is 12.2 Å². The summed E-state index contributed by atoms with van der Waals surface area (Å²) in [6, 6.07) is 4.49. The van der Waals surface area contributed by atoms with Gasteiger partial charge in [0.2, 0.25) is 0 Å². The molecule has 2 N–H and O–H groups in total. The van der Waals surface area contributed by atoms with Crippen LogP contribution in [0.5, 0.6) is 0 Å². The van der Waals surface area contributed by atoms with E-state index >= 15 is 0 Å². The largest absolute Gasteiger partial charge is 0.345 e. The predicted octanol–water partition coefficient (Wildman–Crippen LogP) is 3.57. The smallest absolute Gasteiger partial charge is 0.113 e. The number of aromatic nitrogens is 2. The Bertz CT molecular complexity index is 548. The number of hydrogen-bond acceptors (Lipinski definition) is 3. The highest BCUT2D eigenvalue weighted by Crippen LogP contribution is 2.24. The van der Waals surface area contributed by atoms with E-state index in [1.807, 2.05) is 0 Å². The first kappa shape index (κ1) is 15.3. The maximum atomic E-state index is 6.06. The van der Waals surface area contributed by atoms with Crippen LogP contribution in [0.4, 0.5) is 0 Å². The molecule has 20 heavy (non-hydrogen) atoms. The molecule has 0 fully saturated rings. The maximum Gasteiger partial charge on any atom is 0.113 e. The van der Waals surface area contributed by atoms with Crippen LogP contribution in [-0.4, -0.2) is 15.6 Å². The van der Waals surface area contributed by atoms with Gasteiger partial charge in [-0.1, -0.05) is 27.7 Å². The Morgan fingerprint density at radius 1 is 1.40 bits per heavy atom. The molecule has 1 atom stereocenters. The molecular weight excluding hydrogens is 266 g/mol. The maximum absolute atomic E-state index is 6.06. The fourth-order valence-corrected chi connectivity index (χ4v) is 3.09. The monoisotopic (exact) mass is 291 g/mol. The van der Waals surface area contributed by atoms with E-state index in [0.29, 0.717) is 0 Å². The highest BCUT2D eigenvalue weighted by molar-refractivity contribution is 7.09. The average Bonchev–Trinajstić information content (AvgIpc) is 2.99. The lowest BCUT2D eigenvalue weighted by atomic mass is 9.93. The van der Waals surface area contributed by atoms with Crippen LogP contribution in [0.15, 0.2) is 23.7 Å². The lowest BCUT2D eigenvalue weighted by Gasteiger charge is -2.14. The molecule has 0 radical (unpaired) electrons. The van der Waals surface area contributed by atoms with Crippen LogP contribution in [0, 0.1) is 0 Å². The third-order valence-corrected chi connectivity index (χ3v) is 4.38. The van der Waals surface area contributed by atoms with E-state index in [0.717, 1.165) is 24.4 Å². The Kier molecular flexibility index (Phi) is 4.66. The molecule has 2 heterocycles. The van der Waals surface area contributed by atoms with Crippen molar-refractivity contribution >= 4 is 11.3 Å². The lowest BCUT2D eigenvalue weighted by molar-refractivity contribution is 0.568. The van der Waals surface area contributed by atoms with Gasteiger partial charge in [-0.05, 0) is 18.6 Å². The third-order valence-electron chi connectivity index (χ3n) is 3.55. The van der Waals surface area contributed by atoms with Gasteiger partial charge in [0.25, 0.3) is 0 Å². The number of rotatable bonds is 5. The molecule has 0 saturated heterocycles. The Balaban J connectivity index is 2.11. The normalized spacial score (nSPS) is 13.7. The van der Waals surface area contributed by atoms with E-state index in [-0.39, 0.29) is 11.5 Å². The lowest BCUT2D eigenvalue weighted by Crippen LogP contribution is -2.23. The molecule has 0 amide bonds. The first-order valence-corrected chi connectivity index (χ1v) is 8.12. The summed E-state index contributed by atoms with van der Waals surface area (Å²) in [6.45, 7) is 9.58. The SMILES string of the molecule is CCC(N)Cc1cccn1Cc1nc(C(C)(C)C)cs1. The van der Waals surface area contributed by atoms with Crippen molar-refractivity contribution < 1.29 is 0 Å². The highest BCUT2D eigenvalue weighted by Gasteiger charge is 2.17. The summed E-state index contributed by atoms with van der Waals surface area (Å²) in [6.07, 6.45) is 4.06. The summed E-state index contributed by atoms with van der Waals surface area (Å²) >= 11 is 1.74. The molecule has 2 rings (SSSR count). The fourth-order valence-electron chi connectivity index (χ4n) is 2.08. The fraction of sp³-hybridized carbons (Fsp3) is 0.562. The summed E-state index contributed by atoms with van der Waals surface area (Å²) < 4.78 is 2.26. The Morgan fingerprint density at radius 2 is 2.15 bits per heavy atom. The molecule has 110 valence electrons. The second kappa shape index (κ2) is 6.10. The average molecular weight is 291 g/mol. The second-order valence-electron chi connectivity index (χ2n) is 6.38. The van der Waals surface area contributed by atoms with Crippen LogP contribution in [-0.2, 0) is 18.4 Å². The third kappa shape index (κ3) is 3.70. The van der Waals surface area contributed by atoms with Gasteiger partial charge in [-0.25, -0.2) is 4.98 Å². The minimum atomic E-state index is 0.124. The van der Waals surface area contributed by atoms with Gasteiger partial charge in [-0.2, -0.15) is 0 Å². The first-order valence-electron chi connectivity index (χ1n) is 7.24. The number of nitrogens with two attached hydrogens (primary N) is 1. The zero-order valence-corrected chi connectivity index (χ0v) is 13.7. The molecule has 0 bridgehead atoms. The minimum absolute atomic E-state index is 0.124. The van der Waals surface area contributed by atoms with Crippen molar-refractivity contribution in [2.45, 2.75) is 58.5 Å². The van der Waals surface area contributed by atoms with Crippen molar-refractivity contribution in [2.24, 2.45) is 5.73 Å². The number of hydrogen-bond donors (Lipinski definition) is 1. The summed E-state index contributed by atoms with van der Waals surface area (Å²) in [5.41, 5.74) is 8.66.